The zero-order chi connectivity index (χ0) is 21.5. The first-order valence-corrected chi connectivity index (χ1v) is 9.95. The first-order valence-electron chi connectivity index (χ1n) is 9.95. The van der Waals surface area contributed by atoms with Gasteiger partial charge in [-0.25, -0.2) is 5.43 Å². The second kappa shape index (κ2) is 9.59. The van der Waals surface area contributed by atoms with E-state index in [0.717, 1.165) is 22.4 Å². The van der Waals surface area contributed by atoms with E-state index in [1.807, 2.05) is 54.6 Å². The first kappa shape index (κ1) is 20.2. The van der Waals surface area contributed by atoms with Crippen molar-refractivity contribution in [3.63, 3.8) is 0 Å². The van der Waals surface area contributed by atoms with Crippen molar-refractivity contribution in [3.05, 3.63) is 114 Å². The molecule has 1 N–H and O–H groups in total. The maximum Gasteiger partial charge on any atom is 0.271 e. The summed E-state index contributed by atoms with van der Waals surface area (Å²) in [6, 6.07) is 28.9. The van der Waals surface area contributed by atoms with E-state index < -0.39 is 0 Å². The number of carbonyl (C=O) groups is 1. The molecule has 0 saturated heterocycles. The number of benzene rings is 3. The molecule has 3 aromatic carbocycles. The SMILES string of the molecule is C/C(=N\NC(=O)c1ccc(COc2ccccc2-c2ccccc2)cc1)c1ccco1. The summed E-state index contributed by atoms with van der Waals surface area (Å²) >= 11 is 0. The number of rotatable bonds is 7. The highest BCUT2D eigenvalue weighted by Crippen LogP contribution is 2.30. The molecule has 0 spiro atoms. The van der Waals surface area contributed by atoms with Crippen molar-refractivity contribution in [3.8, 4) is 16.9 Å². The third-order valence-electron chi connectivity index (χ3n) is 4.79. The Balaban J connectivity index is 1.39. The highest BCUT2D eigenvalue weighted by atomic mass is 16.5. The molecule has 0 aliphatic rings. The minimum atomic E-state index is -0.284. The first-order chi connectivity index (χ1) is 15.2. The maximum absolute atomic E-state index is 12.3. The van der Waals surface area contributed by atoms with Crippen molar-refractivity contribution in [2.24, 2.45) is 5.10 Å². The van der Waals surface area contributed by atoms with Crippen LogP contribution in [0, 0.1) is 0 Å². The lowest BCUT2D eigenvalue weighted by Gasteiger charge is -2.12. The third-order valence-corrected chi connectivity index (χ3v) is 4.79. The van der Waals surface area contributed by atoms with Gasteiger partial charge in [0.15, 0.2) is 0 Å². The van der Waals surface area contributed by atoms with E-state index in [-0.39, 0.29) is 5.91 Å². The fraction of sp³-hybridized carbons (Fsp3) is 0.0769. The lowest BCUT2D eigenvalue weighted by Crippen LogP contribution is -2.19. The molecule has 154 valence electrons. The number of ether oxygens (including phenoxy) is 1. The molecule has 0 radical (unpaired) electrons. The van der Waals surface area contributed by atoms with Gasteiger partial charge in [-0.1, -0.05) is 60.7 Å². The van der Waals surface area contributed by atoms with Crippen molar-refractivity contribution < 1.29 is 13.9 Å². The molecule has 1 aromatic heterocycles. The van der Waals surface area contributed by atoms with Crippen molar-refractivity contribution >= 4 is 11.6 Å². The number of amides is 1. The Bertz CT molecular complexity index is 1170. The molecular weight excluding hydrogens is 388 g/mol. The minimum absolute atomic E-state index is 0.284. The van der Waals surface area contributed by atoms with Crippen LogP contribution in [-0.2, 0) is 6.61 Å². The molecule has 0 atom stereocenters. The van der Waals surface area contributed by atoms with Crippen LogP contribution in [0.25, 0.3) is 11.1 Å². The third kappa shape index (κ3) is 5.08. The van der Waals surface area contributed by atoms with Crippen molar-refractivity contribution in [1.82, 2.24) is 5.43 Å². The molecule has 1 heterocycles. The summed E-state index contributed by atoms with van der Waals surface area (Å²) in [6.45, 7) is 2.17. The topological polar surface area (TPSA) is 63.8 Å². The van der Waals surface area contributed by atoms with E-state index >= 15 is 0 Å². The van der Waals surface area contributed by atoms with Crippen LogP contribution in [0.3, 0.4) is 0 Å². The van der Waals surface area contributed by atoms with E-state index in [0.29, 0.717) is 23.6 Å². The largest absolute Gasteiger partial charge is 0.488 e. The normalized spacial score (nSPS) is 11.2. The highest BCUT2D eigenvalue weighted by molar-refractivity contribution is 5.99. The summed E-state index contributed by atoms with van der Waals surface area (Å²) in [4.78, 5) is 12.3. The monoisotopic (exact) mass is 410 g/mol. The van der Waals surface area contributed by atoms with E-state index in [2.05, 4.69) is 22.7 Å². The summed E-state index contributed by atoms with van der Waals surface area (Å²) in [5.74, 6) is 1.15. The Hall–Kier alpha value is -4.12. The van der Waals surface area contributed by atoms with Crippen LogP contribution in [0.5, 0.6) is 5.75 Å². The van der Waals surface area contributed by atoms with Gasteiger partial charge < -0.3 is 9.15 Å². The number of hydrazone groups is 1. The molecule has 0 bridgehead atoms. The van der Waals surface area contributed by atoms with E-state index in [1.165, 1.54) is 0 Å². The summed E-state index contributed by atoms with van der Waals surface area (Å²) in [7, 11) is 0. The zero-order valence-corrected chi connectivity index (χ0v) is 17.1. The molecule has 4 rings (SSSR count). The molecule has 5 heteroatoms. The standard InChI is InChI=1S/C26H22N2O3/c1-19(24-12-7-17-30-24)27-28-26(29)22-15-13-20(14-16-22)18-31-25-11-6-5-10-23(25)21-8-3-2-4-9-21/h2-17H,18H2,1H3,(H,28,29)/b27-19+. The highest BCUT2D eigenvalue weighted by Gasteiger charge is 2.08. The molecule has 5 nitrogen and oxygen atoms in total. The minimum Gasteiger partial charge on any atom is -0.488 e. The Kier molecular flexibility index (Phi) is 6.24. The summed E-state index contributed by atoms with van der Waals surface area (Å²) in [6.07, 6.45) is 1.56. The molecule has 31 heavy (non-hydrogen) atoms. The van der Waals surface area contributed by atoms with E-state index in [9.17, 15) is 4.79 Å². The fourth-order valence-electron chi connectivity index (χ4n) is 3.10. The molecular formula is C26H22N2O3. The number of hydrogen-bond acceptors (Lipinski definition) is 4. The summed E-state index contributed by atoms with van der Waals surface area (Å²) in [5.41, 5.74) is 6.78. The average molecular weight is 410 g/mol. The average Bonchev–Trinajstić information content (AvgIpc) is 3.37. The van der Waals surface area contributed by atoms with Crippen molar-refractivity contribution in [2.75, 3.05) is 0 Å². The van der Waals surface area contributed by atoms with Gasteiger partial charge in [-0.3, -0.25) is 4.79 Å². The molecule has 0 saturated carbocycles. The second-order valence-corrected chi connectivity index (χ2v) is 6.96. The smallest absolute Gasteiger partial charge is 0.271 e. The number of furan rings is 1. The van der Waals surface area contributed by atoms with Gasteiger partial charge in [-0.15, -0.1) is 0 Å². The van der Waals surface area contributed by atoms with Gasteiger partial charge in [-0.05, 0) is 48.4 Å². The Morgan fingerprint density at radius 1 is 0.903 bits per heavy atom. The van der Waals surface area contributed by atoms with Gasteiger partial charge in [0.05, 0.1) is 6.26 Å². The Morgan fingerprint density at radius 2 is 1.65 bits per heavy atom. The molecule has 0 fully saturated rings. The summed E-state index contributed by atoms with van der Waals surface area (Å²) < 4.78 is 11.3. The van der Waals surface area contributed by atoms with Crippen molar-refractivity contribution in [1.29, 1.82) is 0 Å². The van der Waals surface area contributed by atoms with E-state index in [4.69, 9.17) is 9.15 Å². The second-order valence-electron chi connectivity index (χ2n) is 6.96. The Morgan fingerprint density at radius 3 is 2.39 bits per heavy atom. The molecule has 4 aromatic rings. The van der Waals surface area contributed by atoms with Crippen LogP contribution >= 0.6 is 0 Å². The van der Waals surface area contributed by atoms with Gasteiger partial charge in [0.2, 0.25) is 0 Å². The van der Waals surface area contributed by atoms with Crippen LogP contribution in [0.2, 0.25) is 0 Å². The van der Waals surface area contributed by atoms with Crippen LogP contribution in [0.4, 0.5) is 0 Å². The predicted molar refractivity (Wildman–Crippen MR) is 121 cm³/mol. The van der Waals surface area contributed by atoms with Crippen molar-refractivity contribution in [2.45, 2.75) is 13.5 Å². The Labute approximate surface area is 181 Å². The number of carbonyl (C=O) groups excluding carboxylic acids is 1. The van der Waals surface area contributed by atoms with Gasteiger partial charge in [0.1, 0.15) is 23.8 Å². The quantitative estimate of drug-likeness (QED) is 0.315. The van der Waals surface area contributed by atoms with Crippen LogP contribution in [0.15, 0.2) is 107 Å². The number of nitrogens with zero attached hydrogens (tertiary/aromatic N) is 1. The van der Waals surface area contributed by atoms with Gasteiger partial charge >= 0.3 is 0 Å². The van der Waals surface area contributed by atoms with Gasteiger partial charge in [0, 0.05) is 11.1 Å². The number of hydrogen-bond donors (Lipinski definition) is 1. The number of para-hydroxylation sites is 1. The summed E-state index contributed by atoms with van der Waals surface area (Å²) in [5, 5.41) is 4.08. The van der Waals surface area contributed by atoms with Gasteiger partial charge in [-0.2, -0.15) is 5.10 Å². The molecule has 0 aliphatic carbocycles. The molecule has 0 aliphatic heterocycles. The van der Waals surface area contributed by atoms with E-state index in [1.54, 1.807) is 37.5 Å². The lowest BCUT2D eigenvalue weighted by molar-refractivity contribution is 0.0954. The van der Waals surface area contributed by atoms with Crippen LogP contribution < -0.4 is 10.2 Å². The van der Waals surface area contributed by atoms with Crippen LogP contribution in [-0.4, -0.2) is 11.6 Å². The zero-order valence-electron chi connectivity index (χ0n) is 17.1. The molecule has 0 unspecified atom stereocenters. The predicted octanol–water partition coefficient (Wildman–Crippen LogP) is 5.68. The number of nitrogens with one attached hydrogen (secondary N) is 1. The molecule has 1 amide bonds. The maximum atomic E-state index is 12.3. The van der Waals surface area contributed by atoms with Crippen LogP contribution in [0.1, 0.15) is 28.6 Å². The lowest BCUT2D eigenvalue weighted by atomic mass is 10.0. The fourth-order valence-corrected chi connectivity index (χ4v) is 3.10. The van der Waals surface area contributed by atoms with Gasteiger partial charge in [0.25, 0.3) is 5.91 Å².